The van der Waals surface area contributed by atoms with Crippen molar-refractivity contribution in [3.05, 3.63) is 41.2 Å². The number of carbonyl (C=O) groups excluding carboxylic acids is 1. The lowest BCUT2D eigenvalue weighted by molar-refractivity contribution is -0.130. The maximum Gasteiger partial charge on any atom is 0.219 e. The third-order valence-electron chi connectivity index (χ3n) is 8.64. The zero-order valence-electron chi connectivity index (χ0n) is 24.6. The molecule has 2 aromatic heterocycles. The Bertz CT molecular complexity index is 1510. The summed E-state index contributed by atoms with van der Waals surface area (Å²) in [5.41, 5.74) is 3.11. The minimum atomic E-state index is -0.857. The van der Waals surface area contributed by atoms with Gasteiger partial charge in [0.2, 0.25) is 5.91 Å². The molecule has 13 heteroatoms. The molecule has 2 fully saturated rings. The lowest BCUT2D eigenvalue weighted by atomic mass is 9.95. The number of nitrogens with one attached hydrogen (secondary N) is 1. The monoisotopic (exact) mass is 614 g/mol. The molecule has 6 rings (SSSR count). The summed E-state index contributed by atoms with van der Waals surface area (Å²) in [5, 5.41) is 1.19. The van der Waals surface area contributed by atoms with Crippen LogP contribution >= 0.6 is 12.2 Å². The van der Waals surface area contributed by atoms with E-state index in [2.05, 4.69) is 16.0 Å². The van der Waals surface area contributed by atoms with Crippen molar-refractivity contribution >= 4 is 45.6 Å². The number of likely N-dealkylation sites (tertiary alicyclic amines) is 1. The van der Waals surface area contributed by atoms with E-state index in [9.17, 15) is 4.79 Å². The number of piperidine rings is 1. The number of aromatic nitrogens is 2. The number of hydrogen-bond donors (Lipinski definition) is 1. The molecule has 0 atom stereocenters. The number of benzene rings is 1. The Morgan fingerprint density at radius 2 is 1.74 bits per heavy atom. The molecule has 0 bridgehead atoms. The van der Waals surface area contributed by atoms with Gasteiger partial charge in [-0.3, -0.25) is 9.69 Å². The van der Waals surface area contributed by atoms with Gasteiger partial charge in [-0.15, -0.1) is 0 Å². The average molecular weight is 615 g/mol. The number of methoxy groups -OCH3 is 2. The summed E-state index contributed by atoms with van der Waals surface area (Å²) in [5.74, 6) is -1.72. The number of anilines is 2. The van der Waals surface area contributed by atoms with Crippen molar-refractivity contribution in [2.24, 2.45) is 5.92 Å². The number of fused-ring (bicyclic) bond motifs is 3. The molecule has 0 unspecified atom stereocenters. The molecule has 3 aromatic rings. The Morgan fingerprint density at radius 3 is 2.37 bits per heavy atom. The van der Waals surface area contributed by atoms with Gasteiger partial charge in [-0.25, -0.2) is 13.8 Å². The SMILES string of the molecule is COc1cc(OC)c(F)c(N2Cc3cnc4[nH]c(CN5CCOCC5)cc4c3N(CC3CCN(C(C)=O)CC3)C2=S)c1F. The molecular weight excluding hydrogens is 578 g/mol. The summed E-state index contributed by atoms with van der Waals surface area (Å²) in [6.45, 7) is 7.40. The lowest BCUT2D eigenvalue weighted by Gasteiger charge is -2.42. The van der Waals surface area contributed by atoms with Crippen LogP contribution in [-0.4, -0.2) is 90.9 Å². The van der Waals surface area contributed by atoms with Crippen molar-refractivity contribution in [3.8, 4) is 11.5 Å². The first-order valence-electron chi connectivity index (χ1n) is 14.5. The summed E-state index contributed by atoms with van der Waals surface area (Å²) >= 11 is 6.04. The Morgan fingerprint density at radius 1 is 1.07 bits per heavy atom. The fourth-order valence-corrected chi connectivity index (χ4v) is 6.62. The van der Waals surface area contributed by atoms with Crippen molar-refractivity contribution < 1.29 is 27.8 Å². The molecule has 1 amide bonds. The van der Waals surface area contributed by atoms with Gasteiger partial charge >= 0.3 is 0 Å². The van der Waals surface area contributed by atoms with Gasteiger partial charge in [0.05, 0.1) is 39.7 Å². The smallest absolute Gasteiger partial charge is 0.219 e. The van der Waals surface area contributed by atoms with E-state index in [1.807, 2.05) is 9.80 Å². The van der Waals surface area contributed by atoms with Gasteiger partial charge in [-0.05, 0) is 37.0 Å². The number of thiocarbonyl (C=S) groups is 1. The highest BCUT2D eigenvalue weighted by atomic mass is 32.1. The highest BCUT2D eigenvalue weighted by Crippen LogP contribution is 2.43. The van der Waals surface area contributed by atoms with E-state index in [1.54, 1.807) is 13.1 Å². The van der Waals surface area contributed by atoms with Crippen molar-refractivity contribution in [2.75, 3.05) is 70.0 Å². The van der Waals surface area contributed by atoms with Gasteiger partial charge in [0.1, 0.15) is 11.3 Å². The second-order valence-corrected chi connectivity index (χ2v) is 11.6. The predicted molar refractivity (Wildman–Crippen MR) is 163 cm³/mol. The van der Waals surface area contributed by atoms with Gasteiger partial charge < -0.3 is 33.9 Å². The molecule has 10 nitrogen and oxygen atoms in total. The Balaban J connectivity index is 1.41. The van der Waals surface area contributed by atoms with Gasteiger partial charge in [0, 0.05) is 75.1 Å². The summed E-state index contributed by atoms with van der Waals surface area (Å²) in [4.78, 5) is 27.8. The topological polar surface area (TPSA) is 86.4 Å². The summed E-state index contributed by atoms with van der Waals surface area (Å²) in [6, 6.07) is 3.30. The number of aromatic amines is 1. The minimum Gasteiger partial charge on any atom is -0.493 e. The largest absolute Gasteiger partial charge is 0.493 e. The van der Waals surface area contributed by atoms with E-state index in [-0.39, 0.29) is 40.7 Å². The standard InChI is InChI=1S/C30H36F2N6O4S/c1-18(39)36-6-4-19(5-7-36)15-37-27-20(14-33-29-22(27)12-21(34-29)17-35-8-10-42-11-9-35)16-38(30(37)43)28-25(31)23(40-2)13-24(41-3)26(28)32/h12-14,19H,4-11,15-17H2,1-3H3,(H,33,34). The van der Waals surface area contributed by atoms with Crippen LogP contribution in [-0.2, 0) is 22.6 Å². The van der Waals surface area contributed by atoms with E-state index < -0.39 is 11.6 Å². The van der Waals surface area contributed by atoms with Gasteiger partial charge in [0.15, 0.2) is 28.2 Å². The van der Waals surface area contributed by atoms with E-state index in [0.29, 0.717) is 32.8 Å². The van der Waals surface area contributed by atoms with Crippen molar-refractivity contribution in [1.29, 1.82) is 0 Å². The number of amides is 1. The third kappa shape index (κ3) is 5.61. The van der Waals surface area contributed by atoms with Crippen molar-refractivity contribution in [1.82, 2.24) is 19.8 Å². The first-order chi connectivity index (χ1) is 20.8. The van der Waals surface area contributed by atoms with Crippen LogP contribution < -0.4 is 19.3 Å². The van der Waals surface area contributed by atoms with Crippen LogP contribution in [0.2, 0.25) is 0 Å². The quantitative estimate of drug-likeness (QED) is 0.396. The molecular formula is C30H36F2N6O4S. The highest BCUT2D eigenvalue weighted by molar-refractivity contribution is 7.80. The number of carbonyl (C=O) groups is 1. The molecule has 230 valence electrons. The van der Waals surface area contributed by atoms with Gasteiger partial charge in [-0.1, -0.05) is 0 Å². The van der Waals surface area contributed by atoms with Crippen LogP contribution in [0.3, 0.4) is 0 Å². The predicted octanol–water partition coefficient (Wildman–Crippen LogP) is 4.06. The number of halogens is 2. The Kier molecular flexibility index (Phi) is 8.38. The number of pyridine rings is 1. The second-order valence-electron chi connectivity index (χ2n) is 11.3. The normalized spacial score (nSPS) is 18.3. The first-order valence-corrected chi connectivity index (χ1v) is 14.9. The van der Waals surface area contributed by atoms with Crippen LogP contribution in [0.5, 0.6) is 11.5 Å². The fourth-order valence-electron chi connectivity index (χ4n) is 6.30. The number of nitrogens with zero attached hydrogens (tertiary/aromatic N) is 5. The molecule has 0 aliphatic carbocycles. The number of ether oxygens (including phenoxy) is 3. The molecule has 1 aromatic carbocycles. The van der Waals surface area contributed by atoms with E-state index >= 15 is 8.78 Å². The van der Waals surface area contributed by atoms with Crippen LogP contribution in [0.25, 0.3) is 11.0 Å². The second kappa shape index (κ2) is 12.2. The number of hydrogen-bond acceptors (Lipinski definition) is 7. The van der Waals surface area contributed by atoms with E-state index in [0.717, 1.165) is 60.5 Å². The molecule has 2 saturated heterocycles. The zero-order chi connectivity index (χ0) is 30.2. The number of morpholine rings is 1. The van der Waals surface area contributed by atoms with Crippen molar-refractivity contribution in [3.63, 3.8) is 0 Å². The summed E-state index contributed by atoms with van der Waals surface area (Å²) in [7, 11) is 2.65. The lowest BCUT2D eigenvalue weighted by Crippen LogP contribution is -2.51. The first kappa shape index (κ1) is 29.5. The molecule has 5 heterocycles. The van der Waals surface area contributed by atoms with Crippen LogP contribution in [0.1, 0.15) is 31.0 Å². The molecule has 3 aliphatic heterocycles. The minimum absolute atomic E-state index is 0.0642. The molecule has 43 heavy (non-hydrogen) atoms. The molecule has 0 saturated carbocycles. The highest BCUT2D eigenvalue weighted by Gasteiger charge is 2.37. The number of H-pyrrole nitrogens is 1. The molecule has 3 aliphatic rings. The van der Waals surface area contributed by atoms with Gasteiger partial charge in [0.25, 0.3) is 0 Å². The average Bonchev–Trinajstić information content (AvgIpc) is 3.42. The third-order valence-corrected chi connectivity index (χ3v) is 9.08. The van der Waals surface area contributed by atoms with Crippen LogP contribution in [0.4, 0.5) is 20.2 Å². The molecule has 0 radical (unpaired) electrons. The molecule has 1 N–H and O–H groups in total. The number of rotatable bonds is 7. The van der Waals surface area contributed by atoms with Gasteiger partial charge in [-0.2, -0.15) is 0 Å². The van der Waals surface area contributed by atoms with E-state index in [1.165, 1.54) is 25.2 Å². The maximum absolute atomic E-state index is 15.8. The fraction of sp³-hybridized carbons (Fsp3) is 0.500. The zero-order valence-corrected chi connectivity index (χ0v) is 25.4. The summed E-state index contributed by atoms with van der Waals surface area (Å²) < 4.78 is 47.4. The van der Waals surface area contributed by atoms with Crippen molar-refractivity contribution in [2.45, 2.75) is 32.9 Å². The maximum atomic E-state index is 15.8. The Labute approximate surface area is 254 Å². The Hall–Kier alpha value is -3.55. The summed E-state index contributed by atoms with van der Waals surface area (Å²) in [6.07, 6.45) is 3.35. The van der Waals surface area contributed by atoms with Crippen LogP contribution in [0, 0.1) is 17.6 Å². The molecule has 0 spiro atoms. The van der Waals surface area contributed by atoms with E-state index in [4.69, 9.17) is 31.4 Å². The van der Waals surface area contributed by atoms with Crippen LogP contribution in [0.15, 0.2) is 18.3 Å².